The van der Waals surface area contributed by atoms with Crippen LogP contribution in [0.3, 0.4) is 0 Å². The van der Waals surface area contributed by atoms with Crippen LogP contribution in [0.1, 0.15) is 5.56 Å². The number of fused-ring (bicyclic) bond motifs is 1. The molecule has 1 saturated heterocycles. The van der Waals surface area contributed by atoms with Crippen molar-refractivity contribution < 1.29 is 9.47 Å². The van der Waals surface area contributed by atoms with Crippen LogP contribution >= 0.6 is 0 Å². The normalized spacial score (nSPS) is 20.4. The zero-order valence-electron chi connectivity index (χ0n) is 7.77. The molecule has 0 amide bonds. The zero-order valence-corrected chi connectivity index (χ0v) is 7.77. The van der Waals surface area contributed by atoms with Gasteiger partial charge in [0.05, 0.1) is 13.2 Å². The molecule has 0 saturated carbocycles. The molecule has 0 aromatic heterocycles. The monoisotopic (exact) mass is 185 g/mol. The van der Waals surface area contributed by atoms with Gasteiger partial charge in [0.1, 0.15) is 0 Å². The Morgan fingerprint density at radius 3 is 2.79 bits per heavy atom. The van der Waals surface area contributed by atoms with E-state index in [4.69, 9.17) is 9.47 Å². The van der Waals surface area contributed by atoms with Gasteiger partial charge in [-0.1, -0.05) is 29.7 Å². The second-order valence-electron chi connectivity index (χ2n) is 3.45. The van der Waals surface area contributed by atoms with E-state index in [0.29, 0.717) is 13.2 Å². The van der Waals surface area contributed by atoms with E-state index in [0.717, 1.165) is 5.57 Å². The van der Waals surface area contributed by atoms with Crippen LogP contribution in [-0.2, 0) is 9.47 Å². The van der Waals surface area contributed by atoms with E-state index in [1.165, 1.54) is 11.0 Å². The third kappa shape index (κ3) is 1.21. The highest BCUT2D eigenvalue weighted by Gasteiger charge is 2.26. The second-order valence-corrected chi connectivity index (χ2v) is 3.45. The number of hydrogen-bond donors (Lipinski definition) is 0. The predicted molar refractivity (Wildman–Crippen MR) is 55.5 cm³/mol. The number of rotatable bonds is 1. The summed E-state index contributed by atoms with van der Waals surface area (Å²) in [6.07, 6.45) is -0.158. The summed E-state index contributed by atoms with van der Waals surface area (Å²) in [5, 5.41) is 0. The Labute approximate surface area is 83.8 Å². The van der Waals surface area contributed by atoms with Crippen LogP contribution in [0.5, 0.6) is 0 Å². The highest BCUT2D eigenvalue weighted by Crippen LogP contribution is 2.25. The van der Waals surface area contributed by atoms with Crippen LogP contribution in [0.25, 0.3) is 5.57 Å². The molecule has 3 heteroatoms. The average Bonchev–Trinajstić information content (AvgIpc) is 2.85. The Bertz CT molecular complexity index is 381. The third-order valence-corrected chi connectivity index (χ3v) is 2.59. The minimum Gasteiger partial charge on any atom is -0.346 e. The van der Waals surface area contributed by atoms with E-state index >= 15 is 0 Å². The van der Waals surface area contributed by atoms with Crippen LogP contribution < -0.4 is 5.46 Å². The Morgan fingerprint density at radius 1 is 1.14 bits per heavy atom. The van der Waals surface area contributed by atoms with Crippen molar-refractivity contribution in [3.05, 3.63) is 35.8 Å². The predicted octanol–water partition coefficient (Wildman–Crippen LogP) is 0.744. The van der Waals surface area contributed by atoms with Gasteiger partial charge in [0, 0.05) is 5.57 Å². The summed E-state index contributed by atoms with van der Waals surface area (Å²) < 4.78 is 11.0. The molecule has 1 radical (unpaired) electrons. The van der Waals surface area contributed by atoms with Gasteiger partial charge < -0.3 is 9.47 Å². The largest absolute Gasteiger partial charge is 0.346 e. The molecule has 3 rings (SSSR count). The van der Waals surface area contributed by atoms with Crippen LogP contribution in [0.4, 0.5) is 0 Å². The Morgan fingerprint density at radius 2 is 1.93 bits per heavy atom. The number of benzene rings is 1. The first kappa shape index (κ1) is 8.27. The van der Waals surface area contributed by atoms with Gasteiger partial charge in [-0.05, 0) is 5.56 Å². The summed E-state index contributed by atoms with van der Waals surface area (Å²) in [5.41, 5.74) is 3.64. The molecule has 0 aliphatic carbocycles. The lowest BCUT2D eigenvalue weighted by atomic mass is 9.73. The quantitative estimate of drug-likeness (QED) is 0.601. The summed E-state index contributed by atoms with van der Waals surface area (Å²) in [7, 11) is 2.11. The molecule has 14 heavy (non-hydrogen) atoms. The maximum Gasteiger partial charge on any atom is 0.183 e. The van der Waals surface area contributed by atoms with Crippen molar-refractivity contribution in [2.24, 2.45) is 0 Å². The molecule has 2 nitrogen and oxygen atoms in total. The summed E-state index contributed by atoms with van der Waals surface area (Å²) in [5.74, 6) is 2.08. The molecule has 2 aliphatic rings. The van der Waals surface area contributed by atoms with Gasteiger partial charge in [0.2, 0.25) is 0 Å². The molecule has 1 fully saturated rings. The first-order valence-electron chi connectivity index (χ1n) is 4.83. The lowest BCUT2D eigenvalue weighted by Crippen LogP contribution is -2.14. The summed E-state index contributed by atoms with van der Waals surface area (Å²) >= 11 is 0. The van der Waals surface area contributed by atoms with Crippen LogP contribution in [-0.4, -0.2) is 26.8 Å². The molecule has 0 N–H and O–H groups in total. The standard InChI is InChI=1S/C11H10BO2/c1-2-4-10-8(3-1)9(7-12-10)11-13-5-6-14-11/h1-4,7,11H,5-6H2. The Hall–Kier alpha value is -1.06. The first-order chi connectivity index (χ1) is 6.95. The van der Waals surface area contributed by atoms with E-state index in [1.807, 2.05) is 12.1 Å². The Kier molecular flexibility index (Phi) is 1.93. The molecule has 0 unspecified atom stereocenters. The van der Waals surface area contributed by atoms with Gasteiger partial charge in [-0.25, -0.2) is 0 Å². The fourth-order valence-electron chi connectivity index (χ4n) is 1.92. The molecule has 2 aliphatic heterocycles. The summed E-state index contributed by atoms with van der Waals surface area (Å²) in [6.45, 7) is 1.40. The van der Waals surface area contributed by atoms with E-state index in [1.54, 1.807) is 0 Å². The molecular weight excluding hydrogens is 175 g/mol. The topological polar surface area (TPSA) is 18.5 Å². The molecule has 1 aromatic carbocycles. The lowest BCUT2D eigenvalue weighted by molar-refractivity contribution is 0.00713. The number of ether oxygens (including phenoxy) is 2. The molecular formula is C11H10BO2. The minimum absolute atomic E-state index is 0.158. The molecule has 69 valence electrons. The van der Waals surface area contributed by atoms with E-state index in [9.17, 15) is 0 Å². The van der Waals surface area contributed by atoms with Crippen molar-refractivity contribution >= 4 is 18.3 Å². The third-order valence-electron chi connectivity index (χ3n) is 2.59. The van der Waals surface area contributed by atoms with Gasteiger partial charge in [0.15, 0.2) is 13.6 Å². The molecule has 0 spiro atoms. The van der Waals surface area contributed by atoms with Crippen LogP contribution in [0.2, 0.25) is 0 Å². The highest BCUT2D eigenvalue weighted by atomic mass is 16.7. The smallest absolute Gasteiger partial charge is 0.183 e. The van der Waals surface area contributed by atoms with Crippen molar-refractivity contribution in [1.82, 2.24) is 0 Å². The van der Waals surface area contributed by atoms with Crippen molar-refractivity contribution in [1.29, 1.82) is 0 Å². The SMILES string of the molecule is [B]1C=C(C2OCCO2)c2ccccc21. The first-order valence-corrected chi connectivity index (χ1v) is 4.83. The fraction of sp³-hybridized carbons (Fsp3) is 0.273. The minimum atomic E-state index is -0.158. The van der Waals surface area contributed by atoms with Gasteiger partial charge in [-0.3, -0.25) is 0 Å². The average molecular weight is 185 g/mol. The molecule has 1 aromatic rings. The van der Waals surface area contributed by atoms with Crippen molar-refractivity contribution in [3.8, 4) is 0 Å². The highest BCUT2D eigenvalue weighted by molar-refractivity contribution is 6.63. The maximum absolute atomic E-state index is 5.48. The van der Waals surface area contributed by atoms with Crippen molar-refractivity contribution in [2.75, 3.05) is 13.2 Å². The van der Waals surface area contributed by atoms with E-state index in [2.05, 4.69) is 25.4 Å². The zero-order chi connectivity index (χ0) is 9.38. The van der Waals surface area contributed by atoms with Gasteiger partial charge >= 0.3 is 0 Å². The van der Waals surface area contributed by atoms with Crippen molar-refractivity contribution in [3.63, 3.8) is 0 Å². The molecule has 0 atom stereocenters. The molecule has 0 bridgehead atoms. The van der Waals surface area contributed by atoms with Gasteiger partial charge in [-0.15, -0.1) is 5.98 Å². The van der Waals surface area contributed by atoms with E-state index < -0.39 is 0 Å². The fourth-order valence-corrected chi connectivity index (χ4v) is 1.92. The second kappa shape index (κ2) is 3.26. The van der Waals surface area contributed by atoms with Crippen LogP contribution in [0, 0.1) is 0 Å². The summed E-state index contributed by atoms with van der Waals surface area (Å²) in [4.78, 5) is 0. The summed E-state index contributed by atoms with van der Waals surface area (Å²) in [6, 6.07) is 8.30. The van der Waals surface area contributed by atoms with Gasteiger partial charge in [-0.2, -0.15) is 0 Å². The maximum atomic E-state index is 5.48. The van der Waals surface area contributed by atoms with E-state index in [-0.39, 0.29) is 6.29 Å². The van der Waals surface area contributed by atoms with Crippen LogP contribution in [0.15, 0.2) is 30.2 Å². The van der Waals surface area contributed by atoms with Gasteiger partial charge in [0.25, 0.3) is 0 Å². The van der Waals surface area contributed by atoms with Crippen molar-refractivity contribution in [2.45, 2.75) is 6.29 Å². The molecule has 2 heterocycles. The number of hydrogen-bond acceptors (Lipinski definition) is 2. The lowest BCUT2D eigenvalue weighted by Gasteiger charge is -2.12. The Balaban J connectivity index is 1.95.